The van der Waals surface area contributed by atoms with Crippen molar-refractivity contribution in [1.29, 1.82) is 0 Å². The molecule has 0 saturated carbocycles. The molecule has 0 aromatic carbocycles. The zero-order chi connectivity index (χ0) is 18.1. The molecule has 2 aromatic heterocycles. The van der Waals surface area contributed by atoms with Gasteiger partial charge in [-0.25, -0.2) is 4.98 Å². The fourth-order valence-corrected chi connectivity index (χ4v) is 3.47. The van der Waals surface area contributed by atoms with E-state index in [0.29, 0.717) is 10.3 Å². The van der Waals surface area contributed by atoms with Gasteiger partial charge in [0.05, 0.1) is 17.0 Å². The van der Waals surface area contributed by atoms with Crippen molar-refractivity contribution in [2.75, 3.05) is 12.3 Å². The SMILES string of the molecule is CC(=O)OC[C@@H]1C[C@@H](OC(C)=O)[C@H](n2c(=O)sc3cnc(N)nc32)O1. The number of hydrogen-bond acceptors (Lipinski definition) is 10. The first-order valence-electron chi connectivity index (χ1n) is 7.44. The minimum absolute atomic E-state index is 0.00244. The summed E-state index contributed by atoms with van der Waals surface area (Å²) in [5.74, 6) is -0.944. The van der Waals surface area contributed by atoms with Crippen LogP contribution < -0.4 is 10.6 Å². The molecule has 3 heterocycles. The van der Waals surface area contributed by atoms with Crippen molar-refractivity contribution in [2.45, 2.75) is 38.7 Å². The number of rotatable bonds is 4. The molecule has 10 nitrogen and oxygen atoms in total. The van der Waals surface area contributed by atoms with Crippen LogP contribution in [0.2, 0.25) is 0 Å². The van der Waals surface area contributed by atoms with E-state index in [1.165, 1.54) is 24.6 Å². The maximum atomic E-state index is 12.4. The van der Waals surface area contributed by atoms with Crippen LogP contribution in [-0.2, 0) is 23.8 Å². The molecule has 11 heteroatoms. The van der Waals surface area contributed by atoms with Crippen LogP contribution in [0.5, 0.6) is 0 Å². The standard InChI is InChI=1S/C14H16N4O6S/c1-6(19)22-5-8-3-9(23-7(2)20)12(24-8)18-11-10(25-14(18)21)4-16-13(15)17-11/h4,8-9,12H,3,5H2,1-2H3,(H2,15,16,17)/t8-,9+,12+/m0/s1. The van der Waals surface area contributed by atoms with E-state index >= 15 is 0 Å². The Morgan fingerprint density at radius 2 is 2.20 bits per heavy atom. The van der Waals surface area contributed by atoms with Crippen molar-refractivity contribution in [2.24, 2.45) is 0 Å². The van der Waals surface area contributed by atoms with E-state index in [9.17, 15) is 14.4 Å². The molecule has 1 aliphatic heterocycles. The molecule has 0 amide bonds. The normalized spacial score (nSPS) is 22.9. The van der Waals surface area contributed by atoms with Crippen LogP contribution in [0, 0.1) is 0 Å². The lowest BCUT2D eigenvalue weighted by Crippen LogP contribution is -2.30. The summed E-state index contributed by atoms with van der Waals surface area (Å²) in [6.45, 7) is 2.55. The molecule has 134 valence electrons. The monoisotopic (exact) mass is 368 g/mol. The maximum absolute atomic E-state index is 12.4. The molecule has 0 unspecified atom stereocenters. The minimum Gasteiger partial charge on any atom is -0.463 e. The fraction of sp³-hybridized carbons (Fsp3) is 0.500. The van der Waals surface area contributed by atoms with Gasteiger partial charge in [-0.05, 0) is 0 Å². The smallest absolute Gasteiger partial charge is 0.311 e. The average molecular weight is 368 g/mol. The van der Waals surface area contributed by atoms with E-state index in [0.717, 1.165) is 11.3 Å². The molecule has 2 aromatic rings. The van der Waals surface area contributed by atoms with E-state index in [-0.39, 0.29) is 23.8 Å². The Morgan fingerprint density at radius 1 is 1.44 bits per heavy atom. The van der Waals surface area contributed by atoms with E-state index in [1.54, 1.807) is 0 Å². The third-order valence-corrected chi connectivity index (χ3v) is 4.45. The Labute approximate surface area is 145 Å². The molecule has 0 aliphatic carbocycles. The third-order valence-electron chi connectivity index (χ3n) is 3.57. The first kappa shape index (κ1) is 17.3. The lowest BCUT2D eigenvalue weighted by molar-refractivity contribution is -0.152. The van der Waals surface area contributed by atoms with Gasteiger partial charge >= 0.3 is 16.8 Å². The summed E-state index contributed by atoms with van der Waals surface area (Å²) in [7, 11) is 0. The van der Waals surface area contributed by atoms with Crippen molar-refractivity contribution in [1.82, 2.24) is 14.5 Å². The summed E-state index contributed by atoms with van der Waals surface area (Å²) < 4.78 is 17.9. The van der Waals surface area contributed by atoms with Gasteiger partial charge in [0.1, 0.15) is 12.7 Å². The molecule has 2 N–H and O–H groups in total. The molecule has 0 bridgehead atoms. The highest BCUT2D eigenvalue weighted by molar-refractivity contribution is 7.16. The van der Waals surface area contributed by atoms with Crippen LogP contribution in [0.3, 0.4) is 0 Å². The van der Waals surface area contributed by atoms with Gasteiger partial charge in [-0.2, -0.15) is 4.98 Å². The largest absolute Gasteiger partial charge is 0.463 e. The number of carbonyl (C=O) groups is 2. The number of carbonyl (C=O) groups excluding carboxylic acids is 2. The van der Waals surface area contributed by atoms with Crippen molar-refractivity contribution in [3.63, 3.8) is 0 Å². The molecule has 25 heavy (non-hydrogen) atoms. The molecule has 0 radical (unpaired) electrons. The second kappa shape index (κ2) is 6.76. The number of nitrogens with zero attached hydrogens (tertiary/aromatic N) is 3. The van der Waals surface area contributed by atoms with Gasteiger partial charge in [0.25, 0.3) is 0 Å². The number of thiazole rings is 1. The zero-order valence-corrected chi connectivity index (χ0v) is 14.3. The fourth-order valence-electron chi connectivity index (χ4n) is 2.65. The summed E-state index contributed by atoms with van der Waals surface area (Å²) in [6.07, 6.45) is -0.391. The van der Waals surface area contributed by atoms with Gasteiger partial charge < -0.3 is 19.9 Å². The Morgan fingerprint density at radius 3 is 2.88 bits per heavy atom. The number of nitrogen functional groups attached to an aromatic ring is 1. The highest BCUT2D eigenvalue weighted by Gasteiger charge is 2.41. The van der Waals surface area contributed by atoms with E-state index in [4.69, 9.17) is 19.9 Å². The number of ether oxygens (including phenoxy) is 3. The number of esters is 2. The highest BCUT2D eigenvalue weighted by atomic mass is 32.1. The number of hydrogen-bond donors (Lipinski definition) is 1. The first-order chi connectivity index (χ1) is 11.8. The molecule has 0 spiro atoms. The van der Waals surface area contributed by atoms with Gasteiger partial charge in [-0.3, -0.25) is 19.0 Å². The molecule has 3 rings (SSSR count). The van der Waals surface area contributed by atoms with Crippen molar-refractivity contribution < 1.29 is 23.8 Å². The molecular weight excluding hydrogens is 352 g/mol. The zero-order valence-electron chi connectivity index (χ0n) is 13.5. The summed E-state index contributed by atoms with van der Waals surface area (Å²) in [5, 5.41) is 0. The summed E-state index contributed by atoms with van der Waals surface area (Å²) in [4.78, 5) is 42.4. The van der Waals surface area contributed by atoms with E-state index < -0.39 is 30.4 Å². The quantitative estimate of drug-likeness (QED) is 0.751. The molecule has 1 saturated heterocycles. The second-order valence-corrected chi connectivity index (χ2v) is 6.48. The van der Waals surface area contributed by atoms with Crippen LogP contribution in [0.25, 0.3) is 10.3 Å². The van der Waals surface area contributed by atoms with Crippen molar-refractivity contribution in [3.05, 3.63) is 15.9 Å². The first-order valence-corrected chi connectivity index (χ1v) is 8.26. The van der Waals surface area contributed by atoms with Crippen LogP contribution in [0.15, 0.2) is 11.0 Å². The summed E-state index contributed by atoms with van der Waals surface area (Å²) in [5.41, 5.74) is 5.91. The van der Waals surface area contributed by atoms with E-state index in [2.05, 4.69) is 9.97 Å². The van der Waals surface area contributed by atoms with Crippen LogP contribution in [0.1, 0.15) is 26.5 Å². The molecule has 3 atom stereocenters. The molecule has 1 fully saturated rings. The number of aromatic nitrogens is 3. The van der Waals surface area contributed by atoms with Gasteiger partial charge in [0.15, 0.2) is 11.9 Å². The predicted molar refractivity (Wildman–Crippen MR) is 86.8 cm³/mol. The number of nitrogens with two attached hydrogens (primary N) is 1. The number of fused-ring (bicyclic) bond motifs is 1. The maximum Gasteiger partial charge on any atom is 0.311 e. The van der Waals surface area contributed by atoms with Crippen LogP contribution >= 0.6 is 11.3 Å². The molecule has 1 aliphatic rings. The highest BCUT2D eigenvalue weighted by Crippen LogP contribution is 2.33. The van der Waals surface area contributed by atoms with Crippen LogP contribution in [-0.4, -0.2) is 45.3 Å². The van der Waals surface area contributed by atoms with E-state index in [1.807, 2.05) is 0 Å². The van der Waals surface area contributed by atoms with Gasteiger partial charge in [-0.15, -0.1) is 0 Å². The van der Waals surface area contributed by atoms with Crippen LogP contribution in [0.4, 0.5) is 5.95 Å². The lowest BCUT2D eigenvalue weighted by Gasteiger charge is -2.19. The van der Waals surface area contributed by atoms with Crippen molar-refractivity contribution in [3.8, 4) is 0 Å². The predicted octanol–water partition coefficient (Wildman–Crippen LogP) is 0.217. The van der Waals surface area contributed by atoms with Gasteiger partial charge in [-0.1, -0.05) is 11.3 Å². The minimum atomic E-state index is -0.889. The Bertz CT molecular complexity index is 878. The molecular formula is C14H16N4O6S. The Hall–Kier alpha value is -2.53. The Balaban J connectivity index is 1.96. The average Bonchev–Trinajstić information content (AvgIpc) is 3.04. The summed E-state index contributed by atoms with van der Waals surface area (Å²) >= 11 is 0.936. The van der Waals surface area contributed by atoms with Crippen molar-refractivity contribution >= 4 is 39.6 Å². The summed E-state index contributed by atoms with van der Waals surface area (Å²) in [6, 6.07) is 0. The third kappa shape index (κ3) is 3.61. The Kier molecular flexibility index (Phi) is 4.68. The van der Waals surface area contributed by atoms with Gasteiger partial charge in [0.2, 0.25) is 5.95 Å². The number of anilines is 1. The topological polar surface area (TPSA) is 136 Å². The van der Waals surface area contributed by atoms with Gasteiger partial charge in [0, 0.05) is 20.3 Å². The lowest BCUT2D eigenvalue weighted by atomic mass is 10.2. The second-order valence-electron chi connectivity index (χ2n) is 5.49.